The zero-order chi connectivity index (χ0) is 21.0. The summed E-state index contributed by atoms with van der Waals surface area (Å²) in [6, 6.07) is 10.7. The van der Waals surface area contributed by atoms with Crippen LogP contribution in [0.15, 0.2) is 55.0 Å². The first-order valence-corrected chi connectivity index (χ1v) is 9.71. The second kappa shape index (κ2) is 6.90. The lowest BCUT2D eigenvalue weighted by Crippen LogP contribution is -2.20. The van der Waals surface area contributed by atoms with Gasteiger partial charge in [0.05, 0.1) is 12.1 Å². The molecule has 30 heavy (non-hydrogen) atoms. The number of benzene rings is 2. The Morgan fingerprint density at radius 3 is 2.83 bits per heavy atom. The van der Waals surface area contributed by atoms with Gasteiger partial charge < -0.3 is 10.4 Å². The first-order chi connectivity index (χ1) is 14.4. The molecule has 0 aliphatic carbocycles. The van der Waals surface area contributed by atoms with E-state index in [-0.39, 0.29) is 5.91 Å². The number of aliphatic hydroxyl groups is 1. The highest BCUT2D eigenvalue weighted by molar-refractivity contribution is 6.31. The van der Waals surface area contributed by atoms with Crippen molar-refractivity contribution in [2.75, 3.05) is 0 Å². The number of amides is 1. The van der Waals surface area contributed by atoms with Gasteiger partial charge in [-0.1, -0.05) is 11.6 Å². The Balaban J connectivity index is 1.71. The van der Waals surface area contributed by atoms with Crippen molar-refractivity contribution in [1.29, 1.82) is 0 Å². The van der Waals surface area contributed by atoms with E-state index in [1.54, 1.807) is 17.5 Å². The van der Waals surface area contributed by atoms with E-state index in [0.29, 0.717) is 32.9 Å². The van der Waals surface area contributed by atoms with Gasteiger partial charge in [-0.15, -0.1) is 0 Å². The Labute approximate surface area is 175 Å². The molecule has 3 heterocycles. The minimum Gasteiger partial charge on any atom is -0.389 e. The molecule has 150 valence electrons. The standard InChI is InChI=1S/C22H16ClFN4O2/c1-11(29)15-6-13(12-2-5-19-25-10-26-28(19)9-12)7-17-20(15)21(27-22(17)30)16-8-14(24)3-4-18(16)23/h2-11,21,29H,1H3,(H,27,30)/t11-,21+/m1/s1. The first-order valence-electron chi connectivity index (χ1n) is 9.34. The molecule has 0 spiro atoms. The molecule has 0 bridgehead atoms. The van der Waals surface area contributed by atoms with Gasteiger partial charge in [0.15, 0.2) is 5.65 Å². The van der Waals surface area contributed by atoms with Crippen molar-refractivity contribution < 1.29 is 14.3 Å². The molecule has 0 saturated carbocycles. The van der Waals surface area contributed by atoms with Gasteiger partial charge in [-0.05, 0) is 66.1 Å². The zero-order valence-corrected chi connectivity index (χ0v) is 16.6. The van der Waals surface area contributed by atoms with Crippen molar-refractivity contribution in [2.45, 2.75) is 19.1 Å². The van der Waals surface area contributed by atoms with Crippen LogP contribution in [0.1, 0.15) is 46.1 Å². The fourth-order valence-electron chi connectivity index (χ4n) is 3.94. The number of aromatic nitrogens is 3. The van der Waals surface area contributed by atoms with E-state index in [4.69, 9.17) is 11.6 Å². The quantitative estimate of drug-likeness (QED) is 0.521. The highest BCUT2D eigenvalue weighted by atomic mass is 35.5. The number of hydrogen-bond acceptors (Lipinski definition) is 4. The second-order valence-electron chi connectivity index (χ2n) is 7.26. The molecule has 1 aliphatic heterocycles. The van der Waals surface area contributed by atoms with Gasteiger partial charge in [0.1, 0.15) is 12.1 Å². The number of hydrogen-bond donors (Lipinski definition) is 2. The maximum absolute atomic E-state index is 13.9. The number of fused-ring (bicyclic) bond motifs is 2. The Morgan fingerprint density at radius 1 is 1.20 bits per heavy atom. The summed E-state index contributed by atoms with van der Waals surface area (Å²) in [6.07, 6.45) is 2.42. The van der Waals surface area contributed by atoms with Crippen LogP contribution in [0.3, 0.4) is 0 Å². The van der Waals surface area contributed by atoms with Crippen LogP contribution in [0.4, 0.5) is 4.39 Å². The minimum atomic E-state index is -0.851. The van der Waals surface area contributed by atoms with Crippen LogP contribution in [0, 0.1) is 5.82 Å². The number of pyridine rings is 1. The molecule has 2 aromatic carbocycles. The topological polar surface area (TPSA) is 79.5 Å². The van der Waals surface area contributed by atoms with Gasteiger partial charge in [-0.3, -0.25) is 4.79 Å². The number of rotatable bonds is 3. The summed E-state index contributed by atoms with van der Waals surface area (Å²) in [6.45, 7) is 1.63. The molecule has 0 unspecified atom stereocenters. The highest BCUT2D eigenvalue weighted by Gasteiger charge is 2.35. The highest BCUT2D eigenvalue weighted by Crippen LogP contribution is 2.41. The molecular weight excluding hydrogens is 407 g/mol. The number of carbonyl (C=O) groups is 1. The van der Waals surface area contributed by atoms with Crippen molar-refractivity contribution in [3.05, 3.63) is 88.1 Å². The monoisotopic (exact) mass is 422 g/mol. The lowest BCUT2D eigenvalue weighted by atomic mass is 9.88. The van der Waals surface area contributed by atoms with Crippen molar-refractivity contribution in [3.8, 4) is 11.1 Å². The fourth-order valence-corrected chi connectivity index (χ4v) is 4.16. The SMILES string of the molecule is C[C@@H](O)c1cc(-c2ccc3ncnn3c2)cc2c1[C@H](c1cc(F)ccc1Cl)NC2=O. The van der Waals surface area contributed by atoms with E-state index in [1.807, 2.05) is 24.4 Å². The second-order valence-corrected chi connectivity index (χ2v) is 7.66. The van der Waals surface area contributed by atoms with E-state index >= 15 is 0 Å². The number of carbonyl (C=O) groups excluding carboxylic acids is 1. The van der Waals surface area contributed by atoms with Gasteiger partial charge >= 0.3 is 0 Å². The molecule has 0 saturated heterocycles. The lowest BCUT2D eigenvalue weighted by Gasteiger charge is -2.20. The summed E-state index contributed by atoms with van der Waals surface area (Å²) in [4.78, 5) is 17.0. The Hall–Kier alpha value is -3.29. The molecule has 4 aromatic rings. The van der Waals surface area contributed by atoms with Crippen LogP contribution in [0.2, 0.25) is 5.02 Å². The van der Waals surface area contributed by atoms with E-state index < -0.39 is 18.0 Å². The summed E-state index contributed by atoms with van der Waals surface area (Å²) in [5.41, 5.74) is 4.32. The maximum Gasteiger partial charge on any atom is 0.252 e. The van der Waals surface area contributed by atoms with Gasteiger partial charge in [-0.25, -0.2) is 13.9 Å². The maximum atomic E-state index is 13.9. The number of aliphatic hydroxyl groups excluding tert-OH is 1. The molecular formula is C22H16ClFN4O2. The van der Waals surface area contributed by atoms with Crippen LogP contribution >= 0.6 is 11.6 Å². The van der Waals surface area contributed by atoms with E-state index in [0.717, 1.165) is 11.1 Å². The molecule has 0 fully saturated rings. The predicted octanol–water partition coefficient (Wildman–Crippen LogP) is 4.07. The van der Waals surface area contributed by atoms with Crippen molar-refractivity contribution in [1.82, 2.24) is 19.9 Å². The van der Waals surface area contributed by atoms with E-state index in [1.165, 1.54) is 24.5 Å². The van der Waals surface area contributed by atoms with Gasteiger partial charge in [-0.2, -0.15) is 5.10 Å². The first kappa shape index (κ1) is 18.7. The Bertz CT molecular complexity index is 1320. The van der Waals surface area contributed by atoms with E-state index in [9.17, 15) is 14.3 Å². The molecule has 1 aliphatic rings. The molecule has 6 nitrogen and oxygen atoms in total. The van der Waals surface area contributed by atoms with Gasteiger partial charge in [0, 0.05) is 27.9 Å². The number of nitrogens with one attached hydrogen (secondary N) is 1. The Kier molecular flexibility index (Phi) is 4.30. The third-order valence-electron chi connectivity index (χ3n) is 5.35. The summed E-state index contributed by atoms with van der Waals surface area (Å²) in [7, 11) is 0. The third kappa shape index (κ3) is 2.94. The van der Waals surface area contributed by atoms with Crippen LogP contribution in [0.5, 0.6) is 0 Å². The van der Waals surface area contributed by atoms with Crippen molar-refractivity contribution >= 4 is 23.2 Å². The molecule has 8 heteroatoms. The number of nitrogens with zero attached hydrogens (tertiary/aromatic N) is 3. The average Bonchev–Trinajstić information content (AvgIpc) is 3.33. The molecule has 1 amide bonds. The lowest BCUT2D eigenvalue weighted by molar-refractivity contribution is 0.0960. The van der Waals surface area contributed by atoms with Crippen LogP contribution in [-0.2, 0) is 0 Å². The van der Waals surface area contributed by atoms with Crippen molar-refractivity contribution in [3.63, 3.8) is 0 Å². The molecule has 5 rings (SSSR count). The molecule has 2 atom stereocenters. The van der Waals surface area contributed by atoms with E-state index in [2.05, 4.69) is 15.4 Å². The predicted molar refractivity (Wildman–Crippen MR) is 110 cm³/mol. The van der Waals surface area contributed by atoms with Crippen molar-refractivity contribution in [2.24, 2.45) is 0 Å². The fraction of sp³-hybridized carbons (Fsp3) is 0.136. The van der Waals surface area contributed by atoms with Gasteiger partial charge in [0.2, 0.25) is 0 Å². The molecule has 0 radical (unpaired) electrons. The summed E-state index contributed by atoms with van der Waals surface area (Å²) in [5.74, 6) is -0.755. The minimum absolute atomic E-state index is 0.305. The molecule has 2 aromatic heterocycles. The molecule has 2 N–H and O–H groups in total. The van der Waals surface area contributed by atoms with Crippen LogP contribution in [-0.4, -0.2) is 25.6 Å². The third-order valence-corrected chi connectivity index (χ3v) is 5.69. The largest absolute Gasteiger partial charge is 0.389 e. The van der Waals surface area contributed by atoms with Crippen LogP contribution in [0.25, 0.3) is 16.8 Å². The zero-order valence-electron chi connectivity index (χ0n) is 15.8. The van der Waals surface area contributed by atoms with Crippen LogP contribution < -0.4 is 5.32 Å². The Morgan fingerprint density at radius 2 is 2.03 bits per heavy atom. The number of halogens is 2. The summed E-state index contributed by atoms with van der Waals surface area (Å²) in [5, 5.41) is 17.9. The summed E-state index contributed by atoms with van der Waals surface area (Å²) >= 11 is 6.30. The normalized spacial score (nSPS) is 16.5. The average molecular weight is 423 g/mol. The smallest absolute Gasteiger partial charge is 0.252 e. The van der Waals surface area contributed by atoms with Gasteiger partial charge in [0.25, 0.3) is 5.91 Å². The summed E-state index contributed by atoms with van der Waals surface area (Å²) < 4.78 is 15.5.